The third-order valence-electron chi connectivity index (χ3n) is 4.88. The van der Waals surface area contributed by atoms with Crippen molar-refractivity contribution in [3.63, 3.8) is 0 Å². The highest BCUT2D eigenvalue weighted by atomic mass is 32.2. The van der Waals surface area contributed by atoms with Crippen LogP contribution >= 0.6 is 11.8 Å². The molecule has 2 aromatic rings. The van der Waals surface area contributed by atoms with Gasteiger partial charge in [0.2, 0.25) is 0 Å². The summed E-state index contributed by atoms with van der Waals surface area (Å²) in [6.45, 7) is 6.24. The van der Waals surface area contributed by atoms with Crippen LogP contribution in [0.1, 0.15) is 42.5 Å². The Balaban J connectivity index is 1.84. The van der Waals surface area contributed by atoms with Crippen LogP contribution < -0.4 is 10.2 Å². The Morgan fingerprint density at radius 1 is 1.31 bits per heavy atom. The fraction of sp³-hybridized carbons (Fsp3) is 0.316. The molecular formula is C19H19N3O3S. The molecule has 2 atom stereocenters. The molecule has 2 aliphatic heterocycles. The summed E-state index contributed by atoms with van der Waals surface area (Å²) in [7, 11) is 0. The predicted molar refractivity (Wildman–Crippen MR) is 100 cm³/mol. The number of pyridine rings is 1. The number of aromatic nitrogens is 1. The van der Waals surface area contributed by atoms with Crippen LogP contribution in [0.15, 0.2) is 35.5 Å². The molecule has 26 heavy (non-hydrogen) atoms. The molecule has 0 radical (unpaired) electrons. The number of carboxylic acid groups (broad SMARTS) is 1. The van der Waals surface area contributed by atoms with E-state index < -0.39 is 17.3 Å². The second kappa shape index (κ2) is 6.02. The molecule has 0 aliphatic carbocycles. The lowest BCUT2D eigenvalue weighted by Crippen LogP contribution is -2.47. The molecule has 0 saturated carbocycles. The SMILES string of the molecule is Cc1cc(C(C)C)ccc1N1C(=O)NC2c3c1ccnc3SC2C(=O)O. The van der Waals surface area contributed by atoms with Crippen molar-refractivity contribution < 1.29 is 14.7 Å². The molecule has 2 amide bonds. The summed E-state index contributed by atoms with van der Waals surface area (Å²) in [6, 6.07) is 6.99. The van der Waals surface area contributed by atoms with Gasteiger partial charge in [-0.1, -0.05) is 37.7 Å². The van der Waals surface area contributed by atoms with Gasteiger partial charge in [-0.2, -0.15) is 0 Å². The lowest BCUT2D eigenvalue weighted by atomic mass is 9.97. The minimum atomic E-state index is -0.949. The Morgan fingerprint density at radius 3 is 2.73 bits per heavy atom. The molecule has 0 spiro atoms. The molecule has 2 aliphatic rings. The van der Waals surface area contributed by atoms with Gasteiger partial charge in [0.05, 0.1) is 17.4 Å². The average Bonchev–Trinajstić information content (AvgIpc) is 2.96. The summed E-state index contributed by atoms with van der Waals surface area (Å²) >= 11 is 1.19. The van der Waals surface area contributed by atoms with E-state index in [2.05, 4.69) is 30.2 Å². The van der Waals surface area contributed by atoms with E-state index in [1.807, 2.05) is 19.1 Å². The average molecular weight is 369 g/mol. The quantitative estimate of drug-likeness (QED) is 0.855. The summed E-state index contributed by atoms with van der Waals surface area (Å²) < 4.78 is 0. The van der Waals surface area contributed by atoms with Crippen LogP contribution in [0.4, 0.5) is 16.2 Å². The Hall–Kier alpha value is -2.54. The maximum absolute atomic E-state index is 12.9. The van der Waals surface area contributed by atoms with Gasteiger partial charge >= 0.3 is 12.0 Å². The van der Waals surface area contributed by atoms with Crippen molar-refractivity contribution in [2.45, 2.75) is 43.0 Å². The van der Waals surface area contributed by atoms with E-state index in [4.69, 9.17) is 0 Å². The number of thioether (sulfide) groups is 1. The van der Waals surface area contributed by atoms with Crippen LogP contribution in [0, 0.1) is 6.92 Å². The summed E-state index contributed by atoms with van der Waals surface area (Å²) in [4.78, 5) is 30.4. The van der Waals surface area contributed by atoms with Gasteiger partial charge in [0.1, 0.15) is 10.3 Å². The predicted octanol–water partition coefficient (Wildman–Crippen LogP) is 3.97. The zero-order valence-electron chi connectivity index (χ0n) is 14.7. The van der Waals surface area contributed by atoms with Gasteiger partial charge < -0.3 is 10.4 Å². The van der Waals surface area contributed by atoms with E-state index in [9.17, 15) is 14.7 Å². The number of carbonyl (C=O) groups excluding carboxylic acids is 1. The van der Waals surface area contributed by atoms with Gasteiger partial charge in [-0.05, 0) is 36.1 Å². The molecule has 1 aromatic heterocycles. The van der Waals surface area contributed by atoms with E-state index in [-0.39, 0.29) is 6.03 Å². The molecule has 0 fully saturated rings. The van der Waals surface area contributed by atoms with Gasteiger partial charge in [-0.15, -0.1) is 0 Å². The number of nitrogens with one attached hydrogen (secondary N) is 1. The summed E-state index contributed by atoms with van der Waals surface area (Å²) in [5, 5.41) is 12.3. The number of aliphatic carboxylic acids is 1. The van der Waals surface area contributed by atoms with Crippen LogP contribution in [-0.2, 0) is 4.79 Å². The third kappa shape index (κ3) is 2.46. The highest BCUT2D eigenvalue weighted by Crippen LogP contribution is 2.50. The van der Waals surface area contributed by atoms with Crippen LogP contribution in [0.3, 0.4) is 0 Å². The lowest BCUT2D eigenvalue weighted by molar-refractivity contribution is -0.136. The van der Waals surface area contributed by atoms with Crippen molar-refractivity contribution in [1.29, 1.82) is 0 Å². The van der Waals surface area contributed by atoms with Gasteiger partial charge in [-0.3, -0.25) is 9.69 Å². The maximum Gasteiger partial charge on any atom is 0.327 e. The number of urea groups is 1. The topological polar surface area (TPSA) is 82.5 Å². The molecule has 6 nitrogen and oxygen atoms in total. The van der Waals surface area contributed by atoms with Gasteiger partial charge in [0.25, 0.3) is 0 Å². The zero-order valence-corrected chi connectivity index (χ0v) is 15.5. The first-order valence-corrected chi connectivity index (χ1v) is 9.36. The number of rotatable bonds is 3. The number of amides is 2. The van der Waals surface area contributed by atoms with E-state index in [0.717, 1.165) is 16.8 Å². The van der Waals surface area contributed by atoms with Crippen molar-refractivity contribution in [3.05, 3.63) is 47.2 Å². The number of carboxylic acids is 1. The summed E-state index contributed by atoms with van der Waals surface area (Å²) in [5.74, 6) is -0.546. The molecule has 0 bridgehead atoms. The minimum absolute atomic E-state index is 0.311. The summed E-state index contributed by atoms with van der Waals surface area (Å²) in [5.41, 5.74) is 4.50. The van der Waals surface area contributed by atoms with E-state index in [1.165, 1.54) is 17.3 Å². The largest absolute Gasteiger partial charge is 0.480 e. The van der Waals surface area contributed by atoms with Crippen LogP contribution in [0.5, 0.6) is 0 Å². The zero-order chi connectivity index (χ0) is 18.6. The van der Waals surface area contributed by atoms with Crippen molar-refractivity contribution in [3.8, 4) is 0 Å². The fourth-order valence-electron chi connectivity index (χ4n) is 3.54. The lowest BCUT2D eigenvalue weighted by Gasteiger charge is -2.34. The van der Waals surface area contributed by atoms with Gasteiger partial charge in [-0.25, -0.2) is 9.78 Å². The first kappa shape index (κ1) is 16.9. The Bertz CT molecular complexity index is 928. The number of nitrogens with zero attached hydrogens (tertiary/aromatic N) is 2. The van der Waals surface area contributed by atoms with Gasteiger partial charge in [0.15, 0.2) is 0 Å². The Kier molecular flexibility index (Phi) is 3.91. The highest BCUT2D eigenvalue weighted by molar-refractivity contribution is 8.00. The molecule has 3 heterocycles. The molecule has 0 saturated heterocycles. The smallest absolute Gasteiger partial charge is 0.327 e. The van der Waals surface area contributed by atoms with E-state index in [1.54, 1.807) is 17.2 Å². The fourth-order valence-corrected chi connectivity index (χ4v) is 4.70. The molecule has 2 unspecified atom stereocenters. The second-order valence-electron chi connectivity index (χ2n) is 6.89. The van der Waals surface area contributed by atoms with Crippen molar-refractivity contribution >= 4 is 35.1 Å². The van der Waals surface area contributed by atoms with Crippen LogP contribution in [0.2, 0.25) is 0 Å². The van der Waals surface area contributed by atoms with Gasteiger partial charge in [0, 0.05) is 11.8 Å². The van der Waals surface area contributed by atoms with E-state index in [0.29, 0.717) is 16.6 Å². The number of aryl methyl sites for hydroxylation is 1. The number of hydrogen-bond donors (Lipinski definition) is 2. The number of carbonyl (C=O) groups is 2. The number of anilines is 2. The standard InChI is InChI=1S/C19H19N3O3S/c1-9(2)11-4-5-12(10(3)8-11)22-13-6-7-20-17-14(13)15(21-19(22)25)16(26-17)18(23)24/h4-9,15-16H,1-3H3,(H,21,25)(H,23,24). The minimum Gasteiger partial charge on any atom is -0.480 e. The number of hydrogen-bond acceptors (Lipinski definition) is 4. The third-order valence-corrected chi connectivity index (χ3v) is 6.15. The monoisotopic (exact) mass is 369 g/mol. The first-order chi connectivity index (χ1) is 12.4. The highest BCUT2D eigenvalue weighted by Gasteiger charge is 2.46. The molecule has 2 N–H and O–H groups in total. The molecule has 1 aromatic carbocycles. The Morgan fingerprint density at radius 2 is 2.08 bits per heavy atom. The van der Waals surface area contributed by atoms with Crippen LogP contribution in [0.25, 0.3) is 0 Å². The van der Waals surface area contributed by atoms with Crippen LogP contribution in [-0.4, -0.2) is 27.3 Å². The normalized spacial score (nSPS) is 20.9. The number of benzene rings is 1. The molecule has 7 heteroatoms. The van der Waals surface area contributed by atoms with Crippen molar-refractivity contribution in [2.75, 3.05) is 4.90 Å². The summed E-state index contributed by atoms with van der Waals surface area (Å²) in [6.07, 6.45) is 1.63. The molecular weight excluding hydrogens is 350 g/mol. The second-order valence-corrected chi connectivity index (χ2v) is 8.02. The van der Waals surface area contributed by atoms with Crippen molar-refractivity contribution in [1.82, 2.24) is 10.3 Å². The first-order valence-electron chi connectivity index (χ1n) is 8.48. The van der Waals surface area contributed by atoms with Crippen molar-refractivity contribution in [2.24, 2.45) is 0 Å². The van der Waals surface area contributed by atoms with E-state index >= 15 is 0 Å². The molecule has 134 valence electrons. The Labute approximate surface area is 155 Å². The molecule has 4 rings (SSSR count). The maximum atomic E-state index is 12.9.